The fourth-order valence-corrected chi connectivity index (χ4v) is 2.25. The Morgan fingerprint density at radius 2 is 1.86 bits per heavy atom. The number of nitrogens with zero attached hydrogens (tertiary/aromatic N) is 3. The van der Waals surface area contributed by atoms with Gasteiger partial charge in [0.1, 0.15) is 5.82 Å². The molecule has 0 radical (unpaired) electrons. The van der Waals surface area contributed by atoms with Gasteiger partial charge >= 0.3 is 0 Å². The standard InChI is InChI=1S/C15H19N5.ClH/c1-2-4-13(5-3-1)12-18-14-6-7-17-15(19-14)20-10-8-16-9-11-20;/h1-7,16H,8-12H2,(H,17,18,19);1H. The largest absolute Gasteiger partial charge is 0.366 e. The van der Waals surface area contributed by atoms with Crippen molar-refractivity contribution in [3.8, 4) is 0 Å². The van der Waals surface area contributed by atoms with Crippen LogP contribution in [-0.4, -0.2) is 36.1 Å². The van der Waals surface area contributed by atoms with E-state index >= 15 is 0 Å². The molecule has 2 N–H and O–H groups in total. The molecule has 1 aliphatic rings. The predicted molar refractivity (Wildman–Crippen MR) is 88.1 cm³/mol. The third-order valence-electron chi connectivity index (χ3n) is 3.36. The number of rotatable bonds is 4. The first kappa shape index (κ1) is 15.5. The number of aromatic nitrogens is 2. The molecule has 1 aliphatic heterocycles. The monoisotopic (exact) mass is 305 g/mol. The molecular weight excluding hydrogens is 286 g/mol. The zero-order valence-electron chi connectivity index (χ0n) is 11.8. The maximum Gasteiger partial charge on any atom is 0.227 e. The van der Waals surface area contributed by atoms with Crippen LogP contribution in [0.4, 0.5) is 11.8 Å². The lowest BCUT2D eigenvalue weighted by atomic mass is 10.2. The molecule has 6 heteroatoms. The first-order chi connectivity index (χ1) is 9.92. The third kappa shape index (κ3) is 4.31. The zero-order chi connectivity index (χ0) is 13.6. The lowest BCUT2D eigenvalue weighted by molar-refractivity contribution is 0.580. The summed E-state index contributed by atoms with van der Waals surface area (Å²) >= 11 is 0. The second-order valence-electron chi connectivity index (χ2n) is 4.82. The Balaban J connectivity index is 0.00000161. The molecule has 5 nitrogen and oxygen atoms in total. The molecule has 0 saturated carbocycles. The summed E-state index contributed by atoms with van der Waals surface area (Å²) in [5, 5.41) is 6.68. The van der Waals surface area contributed by atoms with E-state index in [2.05, 4.69) is 37.6 Å². The van der Waals surface area contributed by atoms with Crippen molar-refractivity contribution in [1.29, 1.82) is 0 Å². The molecule has 112 valence electrons. The van der Waals surface area contributed by atoms with Crippen molar-refractivity contribution < 1.29 is 0 Å². The van der Waals surface area contributed by atoms with Crippen LogP contribution in [-0.2, 0) is 6.54 Å². The average molecular weight is 306 g/mol. The Morgan fingerprint density at radius 1 is 1.10 bits per heavy atom. The van der Waals surface area contributed by atoms with Gasteiger partial charge in [-0.2, -0.15) is 4.98 Å². The van der Waals surface area contributed by atoms with Crippen molar-refractivity contribution in [2.45, 2.75) is 6.54 Å². The lowest BCUT2D eigenvalue weighted by Crippen LogP contribution is -2.44. The van der Waals surface area contributed by atoms with Crippen LogP contribution < -0.4 is 15.5 Å². The Morgan fingerprint density at radius 3 is 2.62 bits per heavy atom. The van der Waals surface area contributed by atoms with E-state index in [1.165, 1.54) is 5.56 Å². The SMILES string of the molecule is Cl.c1ccc(CNc2ccnc(N3CCNCC3)n2)cc1. The number of nitrogens with one attached hydrogen (secondary N) is 2. The molecule has 2 aromatic rings. The number of hydrogen-bond donors (Lipinski definition) is 2. The summed E-state index contributed by atoms with van der Waals surface area (Å²) in [5.74, 6) is 1.68. The fourth-order valence-electron chi connectivity index (χ4n) is 2.25. The van der Waals surface area contributed by atoms with E-state index in [0.717, 1.165) is 44.5 Å². The third-order valence-corrected chi connectivity index (χ3v) is 3.36. The van der Waals surface area contributed by atoms with Gasteiger partial charge in [0.05, 0.1) is 0 Å². The molecule has 1 aromatic heterocycles. The van der Waals surface area contributed by atoms with Crippen LogP contribution in [0.15, 0.2) is 42.6 Å². The second-order valence-corrected chi connectivity index (χ2v) is 4.82. The summed E-state index contributed by atoms with van der Waals surface area (Å²) in [5.41, 5.74) is 1.25. The molecule has 1 aromatic carbocycles. The number of piperazine rings is 1. The summed E-state index contributed by atoms with van der Waals surface area (Å²) in [7, 11) is 0. The van der Waals surface area contributed by atoms with E-state index in [9.17, 15) is 0 Å². The van der Waals surface area contributed by atoms with Gasteiger partial charge in [-0.25, -0.2) is 4.98 Å². The molecule has 21 heavy (non-hydrogen) atoms. The van der Waals surface area contributed by atoms with E-state index in [4.69, 9.17) is 0 Å². The number of anilines is 2. The van der Waals surface area contributed by atoms with Crippen LogP contribution in [0.2, 0.25) is 0 Å². The molecule has 3 rings (SSSR count). The Kier molecular flexibility index (Phi) is 5.78. The summed E-state index contributed by atoms with van der Waals surface area (Å²) in [6, 6.07) is 12.2. The lowest BCUT2D eigenvalue weighted by Gasteiger charge is -2.27. The van der Waals surface area contributed by atoms with Gasteiger partial charge in [0.2, 0.25) is 5.95 Å². The second kappa shape index (κ2) is 7.81. The molecule has 1 saturated heterocycles. The van der Waals surface area contributed by atoms with Gasteiger partial charge in [-0.3, -0.25) is 0 Å². The first-order valence-corrected chi connectivity index (χ1v) is 6.98. The van der Waals surface area contributed by atoms with E-state index < -0.39 is 0 Å². The van der Waals surface area contributed by atoms with Crippen molar-refractivity contribution in [2.24, 2.45) is 0 Å². The normalized spacial score (nSPS) is 14.4. The Bertz CT molecular complexity index is 543. The van der Waals surface area contributed by atoms with Crippen molar-refractivity contribution in [2.75, 3.05) is 36.4 Å². The van der Waals surface area contributed by atoms with E-state index in [1.807, 2.05) is 30.5 Å². The van der Waals surface area contributed by atoms with Crippen LogP contribution in [0.3, 0.4) is 0 Å². The number of benzene rings is 1. The van der Waals surface area contributed by atoms with Crippen molar-refractivity contribution in [3.05, 3.63) is 48.2 Å². The minimum absolute atomic E-state index is 0. The molecule has 0 aliphatic carbocycles. The quantitative estimate of drug-likeness (QED) is 0.904. The molecule has 0 spiro atoms. The van der Waals surface area contributed by atoms with E-state index in [-0.39, 0.29) is 12.4 Å². The topological polar surface area (TPSA) is 53.1 Å². The van der Waals surface area contributed by atoms with Gasteiger partial charge in [0.25, 0.3) is 0 Å². The fraction of sp³-hybridized carbons (Fsp3) is 0.333. The number of hydrogen-bond acceptors (Lipinski definition) is 5. The zero-order valence-corrected chi connectivity index (χ0v) is 12.6. The maximum absolute atomic E-state index is 4.59. The highest BCUT2D eigenvalue weighted by Gasteiger charge is 2.12. The first-order valence-electron chi connectivity index (χ1n) is 6.98. The van der Waals surface area contributed by atoms with Crippen LogP contribution in [0.25, 0.3) is 0 Å². The maximum atomic E-state index is 4.59. The Labute approximate surface area is 131 Å². The smallest absolute Gasteiger partial charge is 0.227 e. The average Bonchev–Trinajstić information content (AvgIpc) is 2.55. The van der Waals surface area contributed by atoms with Crippen molar-refractivity contribution >= 4 is 24.2 Å². The number of halogens is 1. The van der Waals surface area contributed by atoms with Crippen LogP contribution >= 0.6 is 12.4 Å². The van der Waals surface area contributed by atoms with Crippen molar-refractivity contribution in [3.63, 3.8) is 0 Å². The molecule has 0 amide bonds. The van der Waals surface area contributed by atoms with E-state index in [1.54, 1.807) is 0 Å². The molecule has 1 fully saturated rings. The van der Waals surface area contributed by atoms with E-state index in [0.29, 0.717) is 0 Å². The Hall–Kier alpha value is -1.85. The summed E-state index contributed by atoms with van der Waals surface area (Å²) in [6.45, 7) is 4.68. The molecule has 0 atom stereocenters. The van der Waals surface area contributed by atoms with Crippen LogP contribution in [0, 0.1) is 0 Å². The highest BCUT2D eigenvalue weighted by Crippen LogP contribution is 2.12. The van der Waals surface area contributed by atoms with Gasteiger partial charge in [0, 0.05) is 38.9 Å². The predicted octanol–water partition coefficient (Wildman–Crippen LogP) is 1.92. The van der Waals surface area contributed by atoms with Crippen LogP contribution in [0.1, 0.15) is 5.56 Å². The molecule has 0 bridgehead atoms. The van der Waals surface area contributed by atoms with Crippen molar-refractivity contribution in [1.82, 2.24) is 15.3 Å². The molecule has 2 heterocycles. The summed E-state index contributed by atoms with van der Waals surface area (Å²) < 4.78 is 0. The molecule has 0 unspecified atom stereocenters. The summed E-state index contributed by atoms with van der Waals surface area (Å²) in [6.07, 6.45) is 1.82. The highest BCUT2D eigenvalue weighted by molar-refractivity contribution is 5.85. The van der Waals surface area contributed by atoms with Gasteiger partial charge in [-0.15, -0.1) is 12.4 Å². The van der Waals surface area contributed by atoms with Gasteiger partial charge < -0.3 is 15.5 Å². The minimum atomic E-state index is 0. The van der Waals surface area contributed by atoms with Gasteiger partial charge in [-0.1, -0.05) is 30.3 Å². The van der Waals surface area contributed by atoms with Gasteiger partial charge in [0.15, 0.2) is 0 Å². The summed E-state index contributed by atoms with van der Waals surface area (Å²) in [4.78, 5) is 11.2. The molecular formula is C15H20ClN5. The van der Waals surface area contributed by atoms with Gasteiger partial charge in [-0.05, 0) is 11.6 Å². The van der Waals surface area contributed by atoms with Crippen LogP contribution in [0.5, 0.6) is 0 Å². The highest BCUT2D eigenvalue weighted by atomic mass is 35.5. The minimum Gasteiger partial charge on any atom is -0.366 e.